The number of hydrogen-bond donors (Lipinski definition) is 0. The predicted octanol–water partition coefficient (Wildman–Crippen LogP) is 15.3. The highest BCUT2D eigenvalue weighted by molar-refractivity contribution is 5.97. The molecule has 0 bridgehead atoms. The first-order valence-electron chi connectivity index (χ1n) is 19.5. The molecule has 1 aliphatic rings. The molecule has 0 radical (unpaired) electrons. The molecule has 0 amide bonds. The Morgan fingerprint density at radius 3 is 1.50 bits per heavy atom. The standard InChI is InChI=1S/C55H41N/c1-55(2)53-36-45(39-23-25-42(26-24-39)50-22-12-16-41-15-9-10-21-49(41)50)29-33-51(53)52-34-32-48(37-54(52)55)56(46-19-7-4-8-20-46)47-30-27-40(28-31-47)44-18-11-17-43(35-44)38-13-5-3-6-14-38/h3-37H,1-2H3. The Balaban J connectivity index is 0.972. The first-order chi connectivity index (χ1) is 27.5. The zero-order valence-electron chi connectivity index (χ0n) is 31.7. The van der Waals surface area contributed by atoms with Crippen molar-refractivity contribution in [1.82, 2.24) is 0 Å². The van der Waals surface area contributed by atoms with E-state index in [2.05, 4.69) is 231 Å². The van der Waals surface area contributed by atoms with Gasteiger partial charge in [0.05, 0.1) is 0 Å². The molecule has 9 aromatic rings. The van der Waals surface area contributed by atoms with Crippen LogP contribution in [0.15, 0.2) is 212 Å². The minimum atomic E-state index is -0.171. The zero-order valence-corrected chi connectivity index (χ0v) is 31.7. The highest BCUT2D eigenvalue weighted by Crippen LogP contribution is 2.51. The van der Waals surface area contributed by atoms with Crippen molar-refractivity contribution in [2.75, 3.05) is 4.90 Å². The first-order valence-corrected chi connectivity index (χ1v) is 19.5. The van der Waals surface area contributed by atoms with Gasteiger partial charge in [-0.25, -0.2) is 0 Å². The van der Waals surface area contributed by atoms with E-state index >= 15 is 0 Å². The normalized spacial score (nSPS) is 12.6. The second kappa shape index (κ2) is 13.7. The summed E-state index contributed by atoms with van der Waals surface area (Å²) in [7, 11) is 0. The van der Waals surface area contributed by atoms with Gasteiger partial charge < -0.3 is 4.90 Å². The zero-order chi connectivity index (χ0) is 37.6. The van der Waals surface area contributed by atoms with Crippen molar-refractivity contribution in [2.24, 2.45) is 0 Å². The fourth-order valence-corrected chi connectivity index (χ4v) is 8.70. The fourth-order valence-electron chi connectivity index (χ4n) is 8.70. The van der Waals surface area contributed by atoms with Crippen molar-refractivity contribution in [3.63, 3.8) is 0 Å². The lowest BCUT2D eigenvalue weighted by Crippen LogP contribution is -2.16. The largest absolute Gasteiger partial charge is 0.310 e. The molecule has 0 saturated carbocycles. The molecule has 1 aliphatic carbocycles. The molecule has 9 aromatic carbocycles. The van der Waals surface area contributed by atoms with Crippen LogP contribution in [0.5, 0.6) is 0 Å². The van der Waals surface area contributed by atoms with Crippen LogP contribution in [-0.2, 0) is 5.41 Å². The maximum Gasteiger partial charge on any atom is 0.0465 e. The van der Waals surface area contributed by atoms with E-state index in [1.807, 2.05) is 0 Å². The Bertz CT molecular complexity index is 2840. The number of rotatable bonds is 7. The molecule has 0 N–H and O–H groups in total. The molecule has 10 rings (SSSR count). The molecule has 0 heterocycles. The summed E-state index contributed by atoms with van der Waals surface area (Å²) in [5.41, 5.74) is 18.4. The Morgan fingerprint density at radius 2 is 0.768 bits per heavy atom. The van der Waals surface area contributed by atoms with E-state index in [0.29, 0.717) is 0 Å². The van der Waals surface area contributed by atoms with E-state index in [9.17, 15) is 0 Å². The molecule has 0 spiro atoms. The van der Waals surface area contributed by atoms with Crippen LogP contribution in [0.1, 0.15) is 25.0 Å². The Hall–Kier alpha value is -6.96. The van der Waals surface area contributed by atoms with Crippen LogP contribution in [0.4, 0.5) is 17.1 Å². The Labute approximate surface area is 329 Å². The molecule has 0 fully saturated rings. The van der Waals surface area contributed by atoms with E-state index in [1.165, 1.54) is 77.5 Å². The molecule has 1 heteroatoms. The van der Waals surface area contributed by atoms with Crippen LogP contribution in [-0.4, -0.2) is 0 Å². The van der Waals surface area contributed by atoms with Crippen LogP contribution >= 0.6 is 0 Å². The highest BCUT2D eigenvalue weighted by atomic mass is 15.1. The molecule has 1 nitrogen and oxygen atoms in total. The maximum atomic E-state index is 2.42. The van der Waals surface area contributed by atoms with Gasteiger partial charge in [-0.3, -0.25) is 0 Å². The number of anilines is 3. The topological polar surface area (TPSA) is 3.24 Å². The van der Waals surface area contributed by atoms with Crippen molar-refractivity contribution >= 4 is 27.8 Å². The summed E-state index contributed by atoms with van der Waals surface area (Å²) in [4.78, 5) is 2.38. The van der Waals surface area contributed by atoms with Crippen molar-refractivity contribution in [2.45, 2.75) is 19.3 Å². The van der Waals surface area contributed by atoms with E-state index < -0.39 is 0 Å². The van der Waals surface area contributed by atoms with Gasteiger partial charge in [0, 0.05) is 22.5 Å². The number of fused-ring (bicyclic) bond motifs is 4. The van der Waals surface area contributed by atoms with Gasteiger partial charge in [0.25, 0.3) is 0 Å². The summed E-state index contributed by atoms with van der Waals surface area (Å²) >= 11 is 0. The second-order valence-corrected chi connectivity index (χ2v) is 15.4. The van der Waals surface area contributed by atoms with Gasteiger partial charge in [-0.2, -0.15) is 0 Å². The minimum Gasteiger partial charge on any atom is -0.310 e. The smallest absolute Gasteiger partial charge is 0.0465 e. The molecule has 0 aromatic heterocycles. The molecule has 0 atom stereocenters. The quantitative estimate of drug-likeness (QED) is 0.159. The molecule has 0 aliphatic heterocycles. The van der Waals surface area contributed by atoms with Crippen molar-refractivity contribution in [1.29, 1.82) is 0 Å². The Kier molecular flexibility index (Phi) is 8.23. The van der Waals surface area contributed by atoms with Gasteiger partial charge >= 0.3 is 0 Å². The lowest BCUT2D eigenvalue weighted by molar-refractivity contribution is 0.660. The van der Waals surface area contributed by atoms with Gasteiger partial charge in [-0.15, -0.1) is 0 Å². The molecule has 56 heavy (non-hydrogen) atoms. The molecule has 266 valence electrons. The van der Waals surface area contributed by atoms with Crippen molar-refractivity contribution in [3.05, 3.63) is 223 Å². The van der Waals surface area contributed by atoms with Crippen molar-refractivity contribution in [3.8, 4) is 55.6 Å². The van der Waals surface area contributed by atoms with Crippen LogP contribution in [0.3, 0.4) is 0 Å². The maximum absolute atomic E-state index is 2.42. The third-order valence-electron chi connectivity index (χ3n) is 11.7. The van der Waals surface area contributed by atoms with E-state index in [1.54, 1.807) is 0 Å². The monoisotopic (exact) mass is 715 g/mol. The van der Waals surface area contributed by atoms with E-state index in [4.69, 9.17) is 0 Å². The number of para-hydroxylation sites is 1. The summed E-state index contributed by atoms with van der Waals surface area (Å²) in [5.74, 6) is 0. The van der Waals surface area contributed by atoms with Crippen LogP contribution in [0.2, 0.25) is 0 Å². The Morgan fingerprint density at radius 1 is 0.304 bits per heavy atom. The summed E-state index contributed by atoms with van der Waals surface area (Å²) in [6, 6.07) is 77.5. The third kappa shape index (κ3) is 5.90. The summed E-state index contributed by atoms with van der Waals surface area (Å²) in [6.45, 7) is 4.75. The SMILES string of the molecule is CC1(C)c2cc(-c3ccc(-c4cccc5ccccc45)cc3)ccc2-c2ccc(N(c3ccccc3)c3ccc(-c4cccc(-c5ccccc5)c4)cc3)cc21. The molecular formula is C55H41N. The highest BCUT2D eigenvalue weighted by Gasteiger charge is 2.36. The van der Waals surface area contributed by atoms with E-state index in [-0.39, 0.29) is 5.41 Å². The van der Waals surface area contributed by atoms with Gasteiger partial charge in [0.2, 0.25) is 0 Å². The lowest BCUT2D eigenvalue weighted by atomic mass is 9.81. The van der Waals surface area contributed by atoms with Gasteiger partial charge in [-0.05, 0) is 126 Å². The first kappa shape index (κ1) is 33.6. The second-order valence-electron chi connectivity index (χ2n) is 15.4. The molecule has 0 saturated heterocycles. The average Bonchev–Trinajstić information content (AvgIpc) is 3.49. The van der Waals surface area contributed by atoms with Crippen molar-refractivity contribution < 1.29 is 0 Å². The molecule has 0 unspecified atom stereocenters. The average molecular weight is 716 g/mol. The van der Waals surface area contributed by atoms with Crippen LogP contribution in [0, 0.1) is 0 Å². The van der Waals surface area contributed by atoms with Crippen LogP contribution < -0.4 is 4.90 Å². The predicted molar refractivity (Wildman–Crippen MR) is 238 cm³/mol. The van der Waals surface area contributed by atoms with E-state index in [0.717, 1.165) is 17.1 Å². The fraction of sp³-hybridized carbons (Fsp3) is 0.0545. The van der Waals surface area contributed by atoms with Gasteiger partial charge in [0.1, 0.15) is 0 Å². The summed E-state index contributed by atoms with van der Waals surface area (Å²) in [6.07, 6.45) is 0. The molecular weight excluding hydrogens is 675 g/mol. The third-order valence-corrected chi connectivity index (χ3v) is 11.7. The van der Waals surface area contributed by atoms with Crippen LogP contribution in [0.25, 0.3) is 66.4 Å². The van der Waals surface area contributed by atoms with Gasteiger partial charge in [-0.1, -0.05) is 178 Å². The number of hydrogen-bond acceptors (Lipinski definition) is 1. The van der Waals surface area contributed by atoms with Gasteiger partial charge in [0.15, 0.2) is 0 Å². The number of benzene rings is 9. The summed E-state index contributed by atoms with van der Waals surface area (Å²) < 4.78 is 0. The summed E-state index contributed by atoms with van der Waals surface area (Å²) in [5, 5.41) is 2.55. The minimum absolute atomic E-state index is 0.171. The number of nitrogens with zero attached hydrogens (tertiary/aromatic N) is 1. The lowest BCUT2D eigenvalue weighted by Gasteiger charge is -2.28.